The van der Waals surface area contributed by atoms with E-state index in [0.29, 0.717) is 0 Å². The molecule has 24 heavy (non-hydrogen) atoms. The molecule has 0 N–H and O–H groups in total. The highest BCUT2D eigenvalue weighted by atomic mass is 16.2. The van der Waals surface area contributed by atoms with Gasteiger partial charge >= 0.3 is 0 Å². The van der Waals surface area contributed by atoms with Gasteiger partial charge < -0.3 is 9.47 Å². The molecule has 5 nitrogen and oxygen atoms in total. The minimum Gasteiger partial charge on any atom is -0.336 e. The molecule has 128 valence electrons. The topological polar surface area (TPSA) is 41.4 Å². The van der Waals surface area contributed by atoms with Crippen LogP contribution in [-0.2, 0) is 7.05 Å². The summed E-state index contributed by atoms with van der Waals surface area (Å²) < 4.78 is 1.95. The van der Waals surface area contributed by atoms with Gasteiger partial charge in [-0.05, 0) is 25.0 Å². The van der Waals surface area contributed by atoms with Crippen molar-refractivity contribution in [2.75, 3.05) is 26.2 Å². The first-order valence-electron chi connectivity index (χ1n) is 9.17. The average molecular weight is 326 g/mol. The lowest BCUT2D eigenvalue weighted by molar-refractivity contribution is 0.0525. The monoisotopic (exact) mass is 326 g/mol. The number of pyridine rings is 1. The SMILES string of the molecule is Cn1cc(C(=O)N2CCN(C3CCCCC3)CC2)c2cccnc21. The van der Waals surface area contributed by atoms with Gasteiger partial charge in [0.15, 0.2) is 0 Å². The summed E-state index contributed by atoms with van der Waals surface area (Å²) in [5, 5.41) is 0.958. The standard InChI is InChI=1S/C19H26N4O/c1-21-14-17(16-8-5-9-20-18(16)21)19(24)23-12-10-22(11-13-23)15-6-3-2-4-7-15/h5,8-9,14-15H,2-4,6-7,10-13H2,1H3. The van der Waals surface area contributed by atoms with Gasteiger partial charge in [0.1, 0.15) is 5.65 Å². The summed E-state index contributed by atoms with van der Waals surface area (Å²) >= 11 is 0. The maximum atomic E-state index is 13.0. The maximum Gasteiger partial charge on any atom is 0.256 e. The fourth-order valence-corrected chi connectivity index (χ4v) is 4.29. The van der Waals surface area contributed by atoms with Crippen LogP contribution in [0.15, 0.2) is 24.5 Å². The Morgan fingerprint density at radius 1 is 1.12 bits per heavy atom. The predicted molar refractivity (Wildman–Crippen MR) is 95.1 cm³/mol. The molecular formula is C19H26N4O. The van der Waals surface area contributed by atoms with E-state index in [2.05, 4.69) is 9.88 Å². The van der Waals surface area contributed by atoms with Crippen LogP contribution in [-0.4, -0.2) is 57.5 Å². The summed E-state index contributed by atoms with van der Waals surface area (Å²) in [6.45, 7) is 3.71. The van der Waals surface area contributed by atoms with Gasteiger partial charge in [0.25, 0.3) is 5.91 Å². The number of hydrogen-bond donors (Lipinski definition) is 0. The number of carbonyl (C=O) groups excluding carboxylic acids is 1. The number of nitrogens with zero attached hydrogens (tertiary/aromatic N) is 4. The molecular weight excluding hydrogens is 300 g/mol. The van der Waals surface area contributed by atoms with Crippen molar-refractivity contribution >= 4 is 16.9 Å². The Balaban J connectivity index is 1.46. The maximum absolute atomic E-state index is 13.0. The predicted octanol–water partition coefficient (Wildman–Crippen LogP) is 2.66. The van der Waals surface area contributed by atoms with Crippen LogP contribution in [0.5, 0.6) is 0 Å². The molecule has 0 spiro atoms. The van der Waals surface area contributed by atoms with E-state index in [1.165, 1.54) is 32.1 Å². The summed E-state index contributed by atoms with van der Waals surface area (Å²) in [6, 6.07) is 4.64. The highest BCUT2D eigenvalue weighted by Crippen LogP contribution is 2.25. The number of amides is 1. The van der Waals surface area contributed by atoms with Crippen molar-refractivity contribution in [2.24, 2.45) is 7.05 Å². The average Bonchev–Trinajstić information content (AvgIpc) is 2.99. The number of hydrogen-bond acceptors (Lipinski definition) is 3. The zero-order valence-corrected chi connectivity index (χ0v) is 14.4. The van der Waals surface area contributed by atoms with Crippen LogP contribution in [0.1, 0.15) is 42.5 Å². The molecule has 5 heteroatoms. The Morgan fingerprint density at radius 2 is 1.88 bits per heavy atom. The van der Waals surface area contributed by atoms with Crippen LogP contribution in [0.25, 0.3) is 11.0 Å². The Morgan fingerprint density at radius 3 is 2.62 bits per heavy atom. The molecule has 1 saturated carbocycles. The van der Waals surface area contributed by atoms with E-state index in [1.807, 2.05) is 34.8 Å². The van der Waals surface area contributed by atoms with Crippen molar-refractivity contribution in [1.29, 1.82) is 0 Å². The zero-order valence-electron chi connectivity index (χ0n) is 14.4. The molecule has 0 aromatic carbocycles. The molecule has 2 aliphatic rings. The number of aromatic nitrogens is 2. The quantitative estimate of drug-likeness (QED) is 0.852. The van der Waals surface area contributed by atoms with Crippen molar-refractivity contribution in [3.63, 3.8) is 0 Å². The number of rotatable bonds is 2. The van der Waals surface area contributed by atoms with Gasteiger partial charge in [-0.2, -0.15) is 0 Å². The van der Waals surface area contributed by atoms with Crippen molar-refractivity contribution in [3.05, 3.63) is 30.1 Å². The van der Waals surface area contributed by atoms with E-state index < -0.39 is 0 Å². The van der Waals surface area contributed by atoms with Gasteiger partial charge in [0.05, 0.1) is 5.56 Å². The first-order chi connectivity index (χ1) is 11.7. The lowest BCUT2D eigenvalue weighted by atomic mass is 9.94. The number of piperazine rings is 1. The number of aryl methyl sites for hydroxylation is 1. The minimum absolute atomic E-state index is 0.150. The lowest BCUT2D eigenvalue weighted by Crippen LogP contribution is -2.52. The van der Waals surface area contributed by atoms with Crippen molar-refractivity contribution < 1.29 is 4.79 Å². The molecule has 1 aliphatic carbocycles. The van der Waals surface area contributed by atoms with E-state index in [0.717, 1.165) is 48.8 Å². The van der Waals surface area contributed by atoms with E-state index in [4.69, 9.17) is 0 Å². The third-order valence-corrected chi connectivity index (χ3v) is 5.66. The Hall–Kier alpha value is -1.88. The Labute approximate surface area is 143 Å². The molecule has 0 bridgehead atoms. The fourth-order valence-electron chi connectivity index (χ4n) is 4.29. The minimum atomic E-state index is 0.150. The van der Waals surface area contributed by atoms with Gasteiger partial charge in [-0.3, -0.25) is 9.69 Å². The molecule has 3 heterocycles. The van der Waals surface area contributed by atoms with Crippen LogP contribution in [0.2, 0.25) is 0 Å². The molecule has 0 atom stereocenters. The molecule has 2 fully saturated rings. The van der Waals surface area contributed by atoms with Gasteiger partial charge in [0, 0.05) is 57.0 Å². The van der Waals surface area contributed by atoms with Crippen LogP contribution >= 0.6 is 0 Å². The summed E-state index contributed by atoms with van der Waals surface area (Å²) in [7, 11) is 1.95. The van der Waals surface area contributed by atoms with E-state index in [-0.39, 0.29) is 5.91 Å². The summed E-state index contributed by atoms with van der Waals surface area (Å²) in [4.78, 5) is 22.0. The third-order valence-electron chi connectivity index (χ3n) is 5.66. The van der Waals surface area contributed by atoms with E-state index >= 15 is 0 Å². The molecule has 1 saturated heterocycles. The Bertz CT molecular complexity index is 724. The summed E-state index contributed by atoms with van der Waals surface area (Å²) in [5.74, 6) is 0.150. The lowest BCUT2D eigenvalue weighted by Gasteiger charge is -2.40. The van der Waals surface area contributed by atoms with Gasteiger partial charge in [-0.25, -0.2) is 4.98 Å². The largest absolute Gasteiger partial charge is 0.336 e. The molecule has 1 amide bonds. The van der Waals surface area contributed by atoms with Crippen molar-refractivity contribution in [3.8, 4) is 0 Å². The van der Waals surface area contributed by atoms with Gasteiger partial charge in [-0.15, -0.1) is 0 Å². The van der Waals surface area contributed by atoms with Gasteiger partial charge in [-0.1, -0.05) is 19.3 Å². The fraction of sp³-hybridized carbons (Fsp3) is 0.579. The zero-order chi connectivity index (χ0) is 16.5. The second-order valence-electron chi connectivity index (χ2n) is 7.15. The molecule has 1 aliphatic heterocycles. The van der Waals surface area contributed by atoms with Crippen LogP contribution in [0.3, 0.4) is 0 Å². The normalized spacial score (nSPS) is 20.6. The first-order valence-corrected chi connectivity index (χ1v) is 9.17. The van der Waals surface area contributed by atoms with Crippen molar-refractivity contribution in [1.82, 2.24) is 19.4 Å². The third kappa shape index (κ3) is 2.81. The van der Waals surface area contributed by atoms with Gasteiger partial charge in [0.2, 0.25) is 0 Å². The molecule has 4 rings (SSSR count). The number of carbonyl (C=O) groups is 1. The first kappa shape index (κ1) is 15.6. The van der Waals surface area contributed by atoms with Crippen LogP contribution < -0.4 is 0 Å². The van der Waals surface area contributed by atoms with Crippen LogP contribution in [0.4, 0.5) is 0 Å². The van der Waals surface area contributed by atoms with E-state index in [9.17, 15) is 4.79 Å². The van der Waals surface area contributed by atoms with E-state index in [1.54, 1.807) is 6.20 Å². The highest BCUT2D eigenvalue weighted by molar-refractivity contribution is 6.06. The smallest absolute Gasteiger partial charge is 0.256 e. The second kappa shape index (κ2) is 6.55. The van der Waals surface area contributed by atoms with Crippen molar-refractivity contribution in [2.45, 2.75) is 38.1 Å². The molecule has 0 radical (unpaired) electrons. The molecule has 2 aromatic heterocycles. The summed E-state index contributed by atoms with van der Waals surface area (Å²) in [5.41, 5.74) is 1.66. The summed E-state index contributed by atoms with van der Waals surface area (Å²) in [6.07, 6.45) is 10.5. The molecule has 0 unspecified atom stereocenters. The number of fused-ring (bicyclic) bond motifs is 1. The Kier molecular flexibility index (Phi) is 4.27. The molecule has 2 aromatic rings. The second-order valence-corrected chi connectivity index (χ2v) is 7.15. The van der Waals surface area contributed by atoms with Crippen LogP contribution in [0, 0.1) is 0 Å². The highest BCUT2D eigenvalue weighted by Gasteiger charge is 2.28.